The minimum Gasteiger partial charge on any atom is -0.383 e. The number of piperazine rings is 1. The Balaban J connectivity index is 1.83. The number of anilines is 1. The molecule has 1 saturated heterocycles. The molecule has 0 spiro atoms. The fraction of sp³-hybridized carbons (Fsp3) is 0.393. The summed E-state index contributed by atoms with van der Waals surface area (Å²) in [5, 5.41) is -0.720. The van der Waals surface area contributed by atoms with E-state index in [1.54, 1.807) is 23.6 Å². The van der Waals surface area contributed by atoms with Crippen LogP contribution in [0.25, 0.3) is 22.0 Å². The van der Waals surface area contributed by atoms with Gasteiger partial charge in [-0.3, -0.25) is 9.36 Å². The third-order valence-electron chi connectivity index (χ3n) is 7.44. The van der Waals surface area contributed by atoms with Gasteiger partial charge in [-0.15, -0.1) is 11.8 Å². The summed E-state index contributed by atoms with van der Waals surface area (Å²) in [5.41, 5.74) is -3.50. The van der Waals surface area contributed by atoms with Gasteiger partial charge in [-0.25, -0.2) is 13.6 Å². The zero-order valence-corrected chi connectivity index (χ0v) is 23.8. The fourth-order valence-corrected chi connectivity index (χ4v) is 7.27. The van der Waals surface area contributed by atoms with Crippen molar-refractivity contribution in [2.45, 2.75) is 43.0 Å². The van der Waals surface area contributed by atoms with Gasteiger partial charge in [-0.1, -0.05) is 18.2 Å². The van der Waals surface area contributed by atoms with E-state index in [9.17, 15) is 27.2 Å². The number of rotatable bonds is 5. The van der Waals surface area contributed by atoms with Crippen LogP contribution in [0.5, 0.6) is 0 Å². The standard InChI is InChI=1S/C28H26ClF5N4O3S/c1-5-22(39)37-13(2)9-36(10-14(37)3)26-17-6-18(28(32,33)34)23(16-7-19(29)21(31)8-20(16)30)25-24(17)38(27(40)35-26)15(11-41-4)12-42-25/h5-8,13-15H,1,9-12H2,2-4H3/t13-,14+,15-/m0/s1/i4D3. The Hall–Kier alpha value is -3.16. The number of thioether (sulfide) groups is 1. The summed E-state index contributed by atoms with van der Waals surface area (Å²) in [4.78, 5) is 33.4. The number of benzene rings is 2. The Kier molecular flexibility index (Phi) is 7.03. The lowest BCUT2D eigenvalue weighted by molar-refractivity contribution is -0.137. The average molecular weight is 632 g/mol. The average Bonchev–Trinajstić information content (AvgIpc) is 2.94. The molecule has 0 radical (unpaired) electrons. The Morgan fingerprint density at radius 3 is 2.55 bits per heavy atom. The van der Waals surface area contributed by atoms with E-state index in [0.717, 1.165) is 34.5 Å². The molecule has 42 heavy (non-hydrogen) atoms. The fourth-order valence-electron chi connectivity index (χ4n) is 5.79. The summed E-state index contributed by atoms with van der Waals surface area (Å²) < 4.78 is 102. The molecule has 224 valence electrons. The Morgan fingerprint density at radius 2 is 1.93 bits per heavy atom. The van der Waals surface area contributed by atoms with Crippen molar-refractivity contribution in [2.75, 3.05) is 37.4 Å². The van der Waals surface area contributed by atoms with Gasteiger partial charge < -0.3 is 14.5 Å². The van der Waals surface area contributed by atoms with E-state index in [1.165, 1.54) is 0 Å². The van der Waals surface area contributed by atoms with Gasteiger partial charge in [-0.2, -0.15) is 18.2 Å². The maximum absolute atomic E-state index is 15.2. The van der Waals surface area contributed by atoms with E-state index in [1.807, 2.05) is 0 Å². The number of ether oxygens (including phenoxy) is 1. The van der Waals surface area contributed by atoms with E-state index in [0.29, 0.717) is 6.07 Å². The van der Waals surface area contributed by atoms with Crippen LogP contribution in [0.15, 0.2) is 40.5 Å². The molecule has 3 heterocycles. The van der Waals surface area contributed by atoms with Crippen LogP contribution in [0.3, 0.4) is 0 Å². The van der Waals surface area contributed by atoms with Gasteiger partial charge in [0.25, 0.3) is 0 Å². The predicted molar refractivity (Wildman–Crippen MR) is 151 cm³/mol. The Bertz CT molecular complexity index is 1760. The first-order valence-electron chi connectivity index (χ1n) is 14.2. The first-order valence-corrected chi connectivity index (χ1v) is 14.1. The monoisotopic (exact) mass is 631 g/mol. The van der Waals surface area contributed by atoms with Crippen LogP contribution in [0.1, 0.15) is 29.6 Å². The van der Waals surface area contributed by atoms with Crippen molar-refractivity contribution in [1.82, 2.24) is 14.5 Å². The highest BCUT2D eigenvalue weighted by molar-refractivity contribution is 7.99. The van der Waals surface area contributed by atoms with Gasteiger partial charge in [-0.05, 0) is 32.1 Å². The number of hydrogen-bond acceptors (Lipinski definition) is 6. The maximum atomic E-state index is 15.2. The molecule has 0 bridgehead atoms. The molecular weight excluding hydrogens is 603 g/mol. The molecule has 7 nitrogen and oxygen atoms in total. The van der Waals surface area contributed by atoms with Crippen molar-refractivity contribution < 1.29 is 35.6 Å². The number of aromatic nitrogens is 2. The second-order valence-electron chi connectivity index (χ2n) is 10.2. The summed E-state index contributed by atoms with van der Waals surface area (Å²) in [5.74, 6) is -3.03. The molecule has 0 aliphatic carbocycles. The molecular formula is C28H26ClF5N4O3S. The molecule has 0 unspecified atom stereocenters. The lowest BCUT2D eigenvalue weighted by Crippen LogP contribution is -2.58. The molecule has 0 saturated carbocycles. The molecule has 1 amide bonds. The number of carbonyl (C=O) groups excluding carboxylic acids is 1. The van der Waals surface area contributed by atoms with Crippen molar-refractivity contribution >= 4 is 46.0 Å². The third-order valence-corrected chi connectivity index (χ3v) is 8.97. The molecule has 5 rings (SSSR count). The van der Waals surface area contributed by atoms with Crippen LogP contribution >= 0.6 is 23.4 Å². The molecule has 0 N–H and O–H groups in total. The van der Waals surface area contributed by atoms with Gasteiger partial charge in [0.05, 0.1) is 32.9 Å². The highest BCUT2D eigenvalue weighted by atomic mass is 35.5. The molecule has 1 aromatic heterocycles. The first kappa shape index (κ1) is 26.5. The number of carbonyl (C=O) groups is 1. The predicted octanol–water partition coefficient (Wildman–Crippen LogP) is 5.92. The quantitative estimate of drug-likeness (QED) is 0.198. The van der Waals surface area contributed by atoms with Gasteiger partial charge in [0.15, 0.2) is 0 Å². The van der Waals surface area contributed by atoms with E-state index in [2.05, 4.69) is 11.6 Å². The maximum Gasteiger partial charge on any atom is 0.417 e. The third kappa shape index (κ3) is 5.05. The summed E-state index contributed by atoms with van der Waals surface area (Å²) in [7, 11) is -2.82. The Morgan fingerprint density at radius 1 is 1.24 bits per heavy atom. The second kappa shape index (κ2) is 11.2. The minimum absolute atomic E-state index is 0.0480. The summed E-state index contributed by atoms with van der Waals surface area (Å²) >= 11 is 6.73. The molecule has 2 aromatic carbocycles. The van der Waals surface area contributed by atoms with Crippen molar-refractivity contribution in [3.05, 3.63) is 63.6 Å². The number of hydrogen-bond donors (Lipinski definition) is 0. The first-order chi connectivity index (χ1) is 20.9. The normalized spacial score (nSPS) is 22.1. The van der Waals surface area contributed by atoms with E-state index in [-0.39, 0.29) is 46.4 Å². The number of methoxy groups -OCH3 is 1. The summed E-state index contributed by atoms with van der Waals surface area (Å²) in [6.07, 6.45) is -3.89. The summed E-state index contributed by atoms with van der Waals surface area (Å²) in [6, 6.07) is 0.0360. The number of alkyl halides is 3. The van der Waals surface area contributed by atoms with Crippen molar-refractivity contribution in [3.63, 3.8) is 0 Å². The Labute approximate surface area is 251 Å². The SMILES string of the molecule is [2H]C([2H])([2H])OC[C@H]1CSc2c(-c3cc(Cl)c(F)cc3F)c(C(F)(F)F)cc3c(N4C[C@@H](C)N(C(=O)C=C)[C@@H](C)C4)nc(=O)n1c23. The minimum atomic E-state index is -5.05. The lowest BCUT2D eigenvalue weighted by Gasteiger charge is -2.45. The lowest BCUT2D eigenvalue weighted by atomic mass is 9.95. The zero-order valence-electron chi connectivity index (χ0n) is 25.3. The van der Waals surface area contributed by atoms with E-state index >= 15 is 4.39 Å². The topological polar surface area (TPSA) is 67.7 Å². The van der Waals surface area contributed by atoms with Gasteiger partial charge in [0, 0.05) is 65.4 Å². The largest absolute Gasteiger partial charge is 0.417 e. The van der Waals surface area contributed by atoms with Gasteiger partial charge in [0.1, 0.15) is 17.5 Å². The van der Waals surface area contributed by atoms with Crippen LogP contribution in [-0.4, -0.2) is 64.9 Å². The van der Waals surface area contributed by atoms with Gasteiger partial charge in [0.2, 0.25) is 5.91 Å². The van der Waals surface area contributed by atoms with Crippen LogP contribution in [0.2, 0.25) is 5.02 Å². The van der Waals surface area contributed by atoms with Crippen LogP contribution < -0.4 is 10.6 Å². The number of nitrogens with zero attached hydrogens (tertiary/aromatic N) is 4. The summed E-state index contributed by atoms with van der Waals surface area (Å²) in [6.45, 7) is 6.71. The molecule has 2 aliphatic heterocycles. The van der Waals surface area contributed by atoms with E-state index < -0.39 is 77.0 Å². The van der Waals surface area contributed by atoms with Crippen LogP contribution in [-0.2, 0) is 15.7 Å². The van der Waals surface area contributed by atoms with Crippen LogP contribution in [0.4, 0.5) is 27.8 Å². The van der Waals surface area contributed by atoms with Gasteiger partial charge >= 0.3 is 11.9 Å². The molecule has 2 aliphatic rings. The number of halogens is 6. The van der Waals surface area contributed by atoms with Crippen molar-refractivity contribution in [1.29, 1.82) is 0 Å². The van der Waals surface area contributed by atoms with E-state index in [4.69, 9.17) is 20.5 Å². The van der Waals surface area contributed by atoms with Crippen molar-refractivity contribution in [2.24, 2.45) is 0 Å². The van der Waals surface area contributed by atoms with Crippen molar-refractivity contribution in [3.8, 4) is 11.1 Å². The molecule has 3 aromatic rings. The smallest absolute Gasteiger partial charge is 0.383 e. The van der Waals surface area contributed by atoms with Crippen LogP contribution in [0, 0.1) is 11.6 Å². The highest BCUT2D eigenvalue weighted by Crippen LogP contribution is 2.50. The highest BCUT2D eigenvalue weighted by Gasteiger charge is 2.41. The molecule has 3 atom stereocenters. The molecule has 14 heteroatoms. The molecule has 1 fully saturated rings. The second-order valence-corrected chi connectivity index (χ2v) is 11.6. The zero-order chi connectivity index (χ0) is 33.2. The number of amides is 1.